The van der Waals surface area contributed by atoms with Crippen LogP contribution in [0.3, 0.4) is 0 Å². The summed E-state index contributed by atoms with van der Waals surface area (Å²) in [5, 5.41) is 5.14. The minimum absolute atomic E-state index is 0.0418. The van der Waals surface area contributed by atoms with Crippen molar-refractivity contribution < 1.29 is 0 Å². The lowest BCUT2D eigenvalue weighted by Gasteiger charge is -2.20. The number of hydrogen-bond acceptors (Lipinski definition) is 3. The van der Waals surface area contributed by atoms with E-state index in [0.717, 1.165) is 28.5 Å². The second-order valence-corrected chi connectivity index (χ2v) is 6.45. The molecule has 0 spiro atoms. The smallest absolute Gasteiger partial charge is 0.154 e. The Morgan fingerprint density at radius 2 is 1.90 bits per heavy atom. The summed E-state index contributed by atoms with van der Waals surface area (Å²) in [6.07, 6.45) is 0. The third kappa shape index (κ3) is 2.72. The molecule has 0 aliphatic rings. The Morgan fingerprint density at radius 3 is 2.35 bits per heavy atom. The van der Waals surface area contributed by atoms with Gasteiger partial charge in [-0.05, 0) is 31.5 Å². The average Bonchev–Trinajstić information content (AvgIpc) is 2.65. The van der Waals surface area contributed by atoms with Crippen molar-refractivity contribution in [3.05, 3.63) is 39.8 Å². The number of aryl methyl sites for hydroxylation is 1. The second kappa shape index (κ2) is 5.19. The van der Waals surface area contributed by atoms with Crippen molar-refractivity contribution in [3.63, 3.8) is 0 Å². The summed E-state index contributed by atoms with van der Waals surface area (Å²) in [6.45, 7) is 10.7. The molecule has 0 unspecified atom stereocenters. The molecule has 0 atom stereocenters. The van der Waals surface area contributed by atoms with Crippen LogP contribution in [0.1, 0.15) is 43.4 Å². The molecule has 0 amide bonds. The lowest BCUT2D eigenvalue weighted by atomic mass is 9.91. The van der Waals surface area contributed by atoms with E-state index in [9.17, 15) is 0 Å². The Morgan fingerprint density at radius 1 is 1.25 bits per heavy atom. The highest BCUT2D eigenvalue weighted by Crippen LogP contribution is 2.25. The number of nitrogens with zero attached hydrogens (tertiary/aromatic N) is 3. The molecule has 0 saturated heterocycles. The summed E-state index contributed by atoms with van der Waals surface area (Å²) in [5.74, 6) is 0.769. The molecule has 5 heteroatoms. The summed E-state index contributed by atoms with van der Waals surface area (Å²) in [7, 11) is 0. The molecule has 0 bridgehead atoms. The first-order chi connectivity index (χ1) is 9.24. The van der Waals surface area contributed by atoms with E-state index < -0.39 is 0 Å². The van der Waals surface area contributed by atoms with Gasteiger partial charge in [-0.1, -0.05) is 32.4 Å². The predicted molar refractivity (Wildman–Crippen MR) is 82.4 cm³/mol. The normalized spacial score (nSPS) is 11.9. The molecule has 2 heterocycles. The molecule has 0 radical (unpaired) electrons. The lowest BCUT2D eigenvalue weighted by molar-refractivity contribution is 0.564. The number of nitrogens with two attached hydrogens (primary N) is 1. The van der Waals surface area contributed by atoms with Crippen LogP contribution in [0.25, 0.3) is 5.82 Å². The molecule has 4 nitrogen and oxygen atoms in total. The Kier molecular flexibility index (Phi) is 3.89. The highest BCUT2D eigenvalue weighted by atomic mass is 35.5. The summed E-state index contributed by atoms with van der Waals surface area (Å²) >= 11 is 6.22. The van der Waals surface area contributed by atoms with Gasteiger partial charge in [-0.2, -0.15) is 5.10 Å². The summed E-state index contributed by atoms with van der Waals surface area (Å²) in [4.78, 5) is 4.72. The minimum Gasteiger partial charge on any atom is -0.326 e. The predicted octanol–water partition coefficient (Wildman–Crippen LogP) is 3.29. The van der Waals surface area contributed by atoms with Gasteiger partial charge in [-0.3, -0.25) is 0 Å². The van der Waals surface area contributed by atoms with Gasteiger partial charge in [0.05, 0.1) is 16.4 Å². The minimum atomic E-state index is -0.0418. The van der Waals surface area contributed by atoms with Crippen molar-refractivity contribution in [3.8, 4) is 5.82 Å². The van der Waals surface area contributed by atoms with Crippen molar-refractivity contribution in [2.24, 2.45) is 5.73 Å². The van der Waals surface area contributed by atoms with Crippen molar-refractivity contribution in [2.45, 2.75) is 46.6 Å². The van der Waals surface area contributed by atoms with Crippen LogP contribution in [0.15, 0.2) is 12.1 Å². The Hall–Kier alpha value is -1.39. The van der Waals surface area contributed by atoms with Gasteiger partial charge >= 0.3 is 0 Å². The SMILES string of the molecule is Cc1nn(-c2cc(CN)cc(C(C)(C)C)n2)c(C)c1Cl. The van der Waals surface area contributed by atoms with Gasteiger partial charge in [0.15, 0.2) is 5.82 Å². The Labute approximate surface area is 125 Å². The van der Waals surface area contributed by atoms with Crippen molar-refractivity contribution in [1.29, 1.82) is 0 Å². The molecule has 0 fully saturated rings. The molecule has 2 N–H and O–H groups in total. The van der Waals surface area contributed by atoms with E-state index in [-0.39, 0.29) is 5.41 Å². The second-order valence-electron chi connectivity index (χ2n) is 6.07. The number of halogens is 1. The van der Waals surface area contributed by atoms with Crippen LogP contribution >= 0.6 is 11.6 Å². The highest BCUT2D eigenvalue weighted by molar-refractivity contribution is 6.31. The zero-order chi connectivity index (χ0) is 15.1. The third-order valence-corrected chi connectivity index (χ3v) is 3.84. The van der Waals surface area contributed by atoms with Gasteiger partial charge in [-0.25, -0.2) is 9.67 Å². The maximum absolute atomic E-state index is 6.22. The Bertz CT molecular complexity index is 638. The van der Waals surface area contributed by atoms with Gasteiger partial charge in [0.25, 0.3) is 0 Å². The molecule has 0 aromatic carbocycles. The zero-order valence-corrected chi connectivity index (χ0v) is 13.4. The largest absolute Gasteiger partial charge is 0.326 e. The van der Waals surface area contributed by atoms with Crippen LogP contribution in [0.4, 0.5) is 0 Å². The molecular formula is C15H21ClN4. The van der Waals surface area contributed by atoms with Crippen LogP contribution in [0, 0.1) is 13.8 Å². The quantitative estimate of drug-likeness (QED) is 0.924. The first kappa shape index (κ1) is 15.0. The standard InChI is InChI=1S/C15H21ClN4/c1-9-14(16)10(2)20(19-9)13-7-11(8-17)6-12(18-13)15(3,4)5/h6-7H,8,17H2,1-5H3. The first-order valence-corrected chi connectivity index (χ1v) is 7.05. The summed E-state index contributed by atoms with van der Waals surface area (Å²) in [6, 6.07) is 4.02. The molecule has 108 valence electrons. The molecule has 0 aliphatic carbocycles. The molecule has 0 aliphatic heterocycles. The fourth-order valence-corrected chi connectivity index (χ4v) is 2.15. The zero-order valence-electron chi connectivity index (χ0n) is 12.7. The number of hydrogen-bond donors (Lipinski definition) is 1. The van der Waals surface area contributed by atoms with Crippen LogP contribution in [0.2, 0.25) is 5.02 Å². The van der Waals surface area contributed by atoms with Gasteiger partial charge < -0.3 is 5.73 Å². The van der Waals surface area contributed by atoms with E-state index in [1.54, 1.807) is 4.68 Å². The van der Waals surface area contributed by atoms with E-state index in [2.05, 4.69) is 31.9 Å². The van der Waals surface area contributed by atoms with Crippen molar-refractivity contribution in [2.75, 3.05) is 0 Å². The van der Waals surface area contributed by atoms with Gasteiger partial charge in [0, 0.05) is 17.7 Å². The first-order valence-electron chi connectivity index (χ1n) is 6.67. The lowest BCUT2D eigenvalue weighted by Crippen LogP contribution is -2.17. The van der Waals surface area contributed by atoms with Crippen molar-refractivity contribution in [1.82, 2.24) is 14.8 Å². The summed E-state index contributed by atoms with van der Waals surface area (Å²) < 4.78 is 1.78. The highest BCUT2D eigenvalue weighted by Gasteiger charge is 2.19. The van der Waals surface area contributed by atoms with Gasteiger partial charge in [-0.15, -0.1) is 0 Å². The maximum atomic E-state index is 6.22. The maximum Gasteiger partial charge on any atom is 0.154 e. The van der Waals surface area contributed by atoms with Crippen LogP contribution < -0.4 is 5.73 Å². The van der Waals surface area contributed by atoms with Crippen LogP contribution in [-0.2, 0) is 12.0 Å². The molecule has 2 aromatic rings. The van der Waals surface area contributed by atoms with Gasteiger partial charge in [0.2, 0.25) is 0 Å². The number of pyridine rings is 1. The summed E-state index contributed by atoms with van der Waals surface area (Å²) in [5.41, 5.74) is 9.50. The van der Waals surface area contributed by atoms with Gasteiger partial charge in [0.1, 0.15) is 0 Å². The number of aromatic nitrogens is 3. The molecule has 2 rings (SSSR count). The van der Waals surface area contributed by atoms with E-state index in [0.29, 0.717) is 11.6 Å². The Balaban J connectivity index is 2.64. The monoisotopic (exact) mass is 292 g/mol. The third-order valence-electron chi connectivity index (χ3n) is 3.30. The fourth-order valence-electron chi connectivity index (χ4n) is 2.03. The molecule has 0 saturated carbocycles. The number of rotatable bonds is 2. The molecular weight excluding hydrogens is 272 g/mol. The van der Waals surface area contributed by atoms with Crippen LogP contribution in [-0.4, -0.2) is 14.8 Å². The topological polar surface area (TPSA) is 56.7 Å². The molecule has 2 aromatic heterocycles. The van der Waals surface area contributed by atoms with E-state index in [4.69, 9.17) is 22.3 Å². The van der Waals surface area contributed by atoms with E-state index in [1.807, 2.05) is 19.9 Å². The average molecular weight is 293 g/mol. The fraction of sp³-hybridized carbons (Fsp3) is 0.467. The van der Waals surface area contributed by atoms with E-state index in [1.165, 1.54) is 0 Å². The van der Waals surface area contributed by atoms with Crippen molar-refractivity contribution >= 4 is 11.6 Å². The molecule has 20 heavy (non-hydrogen) atoms. The van der Waals surface area contributed by atoms with E-state index >= 15 is 0 Å². The van der Waals surface area contributed by atoms with Crippen LogP contribution in [0.5, 0.6) is 0 Å².